The van der Waals surface area contributed by atoms with Crippen LogP contribution >= 0.6 is 0 Å². The predicted octanol–water partition coefficient (Wildman–Crippen LogP) is 5.47. The highest BCUT2D eigenvalue weighted by Crippen LogP contribution is 2.26. The molecule has 1 saturated heterocycles. The van der Waals surface area contributed by atoms with Crippen molar-refractivity contribution in [2.75, 3.05) is 64.4 Å². The van der Waals surface area contributed by atoms with Crippen molar-refractivity contribution in [1.82, 2.24) is 24.3 Å². The minimum absolute atomic E-state index is 0.00163. The summed E-state index contributed by atoms with van der Waals surface area (Å²) >= 11 is 0. The highest BCUT2D eigenvalue weighted by atomic mass is 19.4. The van der Waals surface area contributed by atoms with E-state index in [0.29, 0.717) is 12.1 Å². The third kappa shape index (κ3) is 8.35. The fraction of sp³-hybridized carbons (Fsp3) is 0.424. The zero-order chi connectivity index (χ0) is 30.9. The number of anilines is 1. The second-order valence-electron chi connectivity index (χ2n) is 11.2. The Hall–Kier alpha value is -3.96. The lowest BCUT2D eigenvalue weighted by Crippen LogP contribution is -2.35. The normalized spacial score (nSPS) is 15.3. The number of para-hydroxylation sites is 2. The van der Waals surface area contributed by atoms with Crippen molar-refractivity contribution in [3.63, 3.8) is 0 Å². The van der Waals surface area contributed by atoms with Gasteiger partial charge in [-0.1, -0.05) is 30.3 Å². The van der Waals surface area contributed by atoms with Crippen molar-refractivity contribution >= 4 is 22.9 Å². The van der Waals surface area contributed by atoms with E-state index in [2.05, 4.69) is 14.8 Å². The van der Waals surface area contributed by atoms with Gasteiger partial charge in [0, 0.05) is 63.6 Å². The summed E-state index contributed by atoms with van der Waals surface area (Å²) in [4.78, 5) is 28.6. The van der Waals surface area contributed by atoms with Crippen molar-refractivity contribution in [3.05, 3.63) is 90.3 Å². The smallest absolute Gasteiger partial charge is 0.370 e. The summed E-state index contributed by atoms with van der Waals surface area (Å²) in [5, 5.41) is 0. The molecule has 1 unspecified atom stereocenters. The van der Waals surface area contributed by atoms with Gasteiger partial charge in [0.05, 0.1) is 17.6 Å². The van der Waals surface area contributed by atoms with E-state index in [0.717, 1.165) is 68.1 Å². The number of likely N-dealkylation sites (N-methyl/N-ethyl adjacent to an activating group) is 1. The molecule has 5 rings (SSSR count). The SMILES string of the molecule is CN(CC(CCN1CCCN(c2nc3ccccc3n2CCOCC(F)(F)F)CC1)c1ccncc1)C(=O)c1ccccc1. The molecule has 2 aromatic carbocycles. The van der Waals surface area contributed by atoms with Gasteiger partial charge in [-0.05, 0) is 67.9 Å². The Balaban J connectivity index is 1.23. The molecular weight excluding hydrogens is 569 g/mol. The molecule has 11 heteroatoms. The number of rotatable bonds is 12. The van der Waals surface area contributed by atoms with Crippen LogP contribution in [0.1, 0.15) is 34.7 Å². The maximum Gasteiger partial charge on any atom is 0.411 e. The molecule has 0 spiro atoms. The van der Waals surface area contributed by atoms with Crippen molar-refractivity contribution in [2.45, 2.75) is 31.5 Å². The molecule has 1 aliphatic rings. The van der Waals surface area contributed by atoms with Gasteiger partial charge in [0.2, 0.25) is 5.95 Å². The predicted molar refractivity (Wildman–Crippen MR) is 165 cm³/mol. The lowest BCUT2D eigenvalue weighted by molar-refractivity contribution is -0.174. The standard InChI is InChI=1S/C33H39F3N6O2/c1-39(31(43)27-8-3-2-4-9-27)24-28(26-12-15-37-16-13-26)14-19-40-17-7-18-41(21-20-40)32-38-29-10-5-6-11-30(29)42(32)22-23-44-25-33(34,35)36/h2-6,8-13,15-16,28H,7,14,17-25H2,1H3. The highest BCUT2D eigenvalue weighted by molar-refractivity contribution is 5.94. The van der Waals surface area contributed by atoms with Gasteiger partial charge < -0.3 is 24.0 Å². The van der Waals surface area contributed by atoms with Crippen LogP contribution in [-0.2, 0) is 11.3 Å². The van der Waals surface area contributed by atoms with Crippen LogP contribution in [-0.4, -0.2) is 95.9 Å². The highest BCUT2D eigenvalue weighted by Gasteiger charge is 2.28. The van der Waals surface area contributed by atoms with Crippen LogP contribution in [0.15, 0.2) is 79.1 Å². The molecule has 2 aromatic heterocycles. The van der Waals surface area contributed by atoms with Gasteiger partial charge in [-0.3, -0.25) is 9.78 Å². The molecule has 8 nitrogen and oxygen atoms in total. The molecule has 0 radical (unpaired) electrons. The van der Waals surface area contributed by atoms with Gasteiger partial charge in [-0.25, -0.2) is 4.98 Å². The monoisotopic (exact) mass is 608 g/mol. The first-order valence-electron chi connectivity index (χ1n) is 15.1. The molecule has 4 aromatic rings. The first-order chi connectivity index (χ1) is 21.3. The molecule has 0 N–H and O–H groups in total. The first-order valence-corrected chi connectivity index (χ1v) is 15.1. The number of fused-ring (bicyclic) bond motifs is 1. The minimum Gasteiger partial charge on any atom is -0.370 e. The Morgan fingerprint density at radius 1 is 0.955 bits per heavy atom. The number of carbonyl (C=O) groups excluding carboxylic acids is 1. The van der Waals surface area contributed by atoms with Crippen molar-refractivity contribution in [2.24, 2.45) is 0 Å². The fourth-order valence-corrected chi connectivity index (χ4v) is 5.81. The first kappa shape index (κ1) is 31.5. The molecule has 1 amide bonds. The molecule has 1 atom stereocenters. The third-order valence-electron chi connectivity index (χ3n) is 8.06. The van der Waals surface area contributed by atoms with Gasteiger partial charge in [-0.15, -0.1) is 0 Å². The maximum atomic E-state index is 13.1. The third-order valence-corrected chi connectivity index (χ3v) is 8.06. The number of halogens is 3. The molecule has 0 aliphatic carbocycles. The Morgan fingerprint density at radius 2 is 1.70 bits per heavy atom. The zero-order valence-electron chi connectivity index (χ0n) is 25.0. The van der Waals surface area contributed by atoms with Crippen molar-refractivity contribution in [3.8, 4) is 0 Å². The van der Waals surface area contributed by atoms with Crippen molar-refractivity contribution in [1.29, 1.82) is 0 Å². The van der Waals surface area contributed by atoms with Crippen LogP contribution in [0.2, 0.25) is 0 Å². The molecular formula is C33H39F3N6O2. The number of benzene rings is 2. The van der Waals surface area contributed by atoms with E-state index >= 15 is 0 Å². The molecule has 1 fully saturated rings. The van der Waals surface area contributed by atoms with Crippen LogP contribution in [0.5, 0.6) is 0 Å². The number of hydrogen-bond acceptors (Lipinski definition) is 6. The number of pyridine rings is 1. The number of alkyl halides is 3. The second-order valence-corrected chi connectivity index (χ2v) is 11.2. The Morgan fingerprint density at radius 3 is 2.48 bits per heavy atom. The average molecular weight is 609 g/mol. The molecule has 0 saturated carbocycles. The van der Waals surface area contributed by atoms with Crippen molar-refractivity contribution < 1.29 is 22.7 Å². The molecule has 234 valence electrons. The number of hydrogen-bond donors (Lipinski definition) is 0. The molecule has 3 heterocycles. The van der Waals surface area contributed by atoms with Gasteiger partial charge in [0.15, 0.2) is 0 Å². The van der Waals surface area contributed by atoms with E-state index in [1.165, 1.54) is 0 Å². The lowest BCUT2D eigenvalue weighted by atomic mass is 9.95. The number of carbonyl (C=O) groups is 1. The Kier molecular flexibility index (Phi) is 10.5. The minimum atomic E-state index is -4.35. The number of amides is 1. The molecule has 1 aliphatic heterocycles. The quantitative estimate of drug-likeness (QED) is 0.199. The lowest BCUT2D eigenvalue weighted by Gasteiger charge is -2.28. The summed E-state index contributed by atoms with van der Waals surface area (Å²) in [5.74, 6) is 0.914. The Bertz CT molecular complexity index is 1480. The Labute approximate surface area is 256 Å². The molecule has 0 bridgehead atoms. The average Bonchev–Trinajstić information content (AvgIpc) is 3.23. The van der Waals surface area contributed by atoms with Gasteiger partial charge in [0.1, 0.15) is 6.61 Å². The topological polar surface area (TPSA) is 66.7 Å². The van der Waals surface area contributed by atoms with Gasteiger partial charge in [-0.2, -0.15) is 13.2 Å². The van der Waals surface area contributed by atoms with E-state index in [1.807, 2.05) is 78.3 Å². The summed E-state index contributed by atoms with van der Waals surface area (Å²) in [6.07, 6.45) is 1.06. The van der Waals surface area contributed by atoms with E-state index in [1.54, 1.807) is 17.3 Å². The van der Waals surface area contributed by atoms with Crippen LogP contribution in [0.25, 0.3) is 11.0 Å². The van der Waals surface area contributed by atoms with E-state index < -0.39 is 12.8 Å². The zero-order valence-corrected chi connectivity index (χ0v) is 25.0. The van der Waals surface area contributed by atoms with Gasteiger partial charge in [0.25, 0.3) is 5.91 Å². The molecule has 44 heavy (non-hydrogen) atoms. The summed E-state index contributed by atoms with van der Waals surface area (Å²) in [7, 11) is 1.85. The van der Waals surface area contributed by atoms with Crippen LogP contribution in [0.4, 0.5) is 19.1 Å². The summed E-state index contributed by atoms with van der Waals surface area (Å²) in [5.41, 5.74) is 3.53. The summed E-state index contributed by atoms with van der Waals surface area (Å²) < 4.78 is 44.8. The fourth-order valence-electron chi connectivity index (χ4n) is 5.81. The number of nitrogens with zero attached hydrogens (tertiary/aromatic N) is 6. The van der Waals surface area contributed by atoms with Crippen LogP contribution in [0, 0.1) is 0 Å². The summed E-state index contributed by atoms with van der Waals surface area (Å²) in [6.45, 7) is 3.74. The number of imidazole rings is 1. The van der Waals surface area contributed by atoms with Gasteiger partial charge >= 0.3 is 6.18 Å². The number of ether oxygens (including phenoxy) is 1. The van der Waals surface area contributed by atoms with E-state index in [9.17, 15) is 18.0 Å². The summed E-state index contributed by atoms with van der Waals surface area (Å²) in [6, 6.07) is 21.1. The number of aromatic nitrogens is 3. The van der Waals surface area contributed by atoms with E-state index in [-0.39, 0.29) is 25.0 Å². The van der Waals surface area contributed by atoms with Crippen LogP contribution in [0.3, 0.4) is 0 Å². The van der Waals surface area contributed by atoms with E-state index in [4.69, 9.17) is 9.72 Å². The maximum absolute atomic E-state index is 13.1. The van der Waals surface area contributed by atoms with Crippen LogP contribution < -0.4 is 4.90 Å². The second kappa shape index (κ2) is 14.7. The largest absolute Gasteiger partial charge is 0.411 e.